The third kappa shape index (κ3) is 4.87. The summed E-state index contributed by atoms with van der Waals surface area (Å²) in [4.78, 5) is 12.7. The number of thioether (sulfide) groups is 1. The zero-order chi connectivity index (χ0) is 21.8. The molecule has 31 heavy (non-hydrogen) atoms. The highest BCUT2D eigenvalue weighted by molar-refractivity contribution is 8.01. The van der Waals surface area contributed by atoms with Crippen molar-refractivity contribution in [2.45, 2.75) is 22.2 Å². The van der Waals surface area contributed by atoms with Crippen LogP contribution in [0.3, 0.4) is 0 Å². The number of fused-ring (bicyclic) bond motifs is 1. The van der Waals surface area contributed by atoms with Crippen molar-refractivity contribution in [1.29, 1.82) is 0 Å². The van der Waals surface area contributed by atoms with Crippen molar-refractivity contribution in [1.82, 2.24) is 14.5 Å². The third-order valence-corrected chi connectivity index (χ3v) is 8.63. The van der Waals surface area contributed by atoms with Gasteiger partial charge in [0, 0.05) is 24.4 Å². The molecule has 0 radical (unpaired) electrons. The van der Waals surface area contributed by atoms with E-state index < -0.39 is 10.0 Å². The summed E-state index contributed by atoms with van der Waals surface area (Å²) >= 11 is 2.76. The summed E-state index contributed by atoms with van der Waals surface area (Å²) in [6.45, 7) is 4.44. The van der Waals surface area contributed by atoms with Crippen molar-refractivity contribution in [2.75, 3.05) is 17.6 Å². The number of benzene rings is 2. The normalized spacial score (nSPS) is 14.1. The van der Waals surface area contributed by atoms with Gasteiger partial charge < -0.3 is 0 Å². The first-order chi connectivity index (χ1) is 15.0. The van der Waals surface area contributed by atoms with Gasteiger partial charge in [0.05, 0.1) is 4.90 Å². The molecule has 0 bridgehead atoms. The predicted octanol–water partition coefficient (Wildman–Crippen LogP) is 3.82. The van der Waals surface area contributed by atoms with E-state index in [1.807, 2.05) is 24.3 Å². The van der Waals surface area contributed by atoms with Crippen LogP contribution in [-0.2, 0) is 23.0 Å². The van der Waals surface area contributed by atoms with Crippen LogP contribution in [0.2, 0.25) is 0 Å². The van der Waals surface area contributed by atoms with E-state index in [9.17, 15) is 13.2 Å². The lowest BCUT2D eigenvalue weighted by atomic mass is 10.0. The van der Waals surface area contributed by atoms with Crippen LogP contribution in [-0.4, -0.2) is 41.1 Å². The van der Waals surface area contributed by atoms with Crippen LogP contribution in [0.4, 0.5) is 5.13 Å². The molecule has 0 unspecified atom stereocenters. The maximum absolute atomic E-state index is 13.1. The SMILES string of the molecule is C=CCSc1nnc(NC(=O)c2ccc(S(=O)(=O)N3CCc4ccccc4C3)cc2)s1. The number of amides is 1. The van der Waals surface area contributed by atoms with E-state index in [-0.39, 0.29) is 10.8 Å². The molecule has 4 rings (SSSR count). The fourth-order valence-electron chi connectivity index (χ4n) is 3.22. The Morgan fingerprint density at radius 1 is 1.16 bits per heavy atom. The molecule has 7 nitrogen and oxygen atoms in total. The van der Waals surface area contributed by atoms with Crippen LogP contribution >= 0.6 is 23.1 Å². The molecule has 1 N–H and O–H groups in total. The molecule has 1 aliphatic heterocycles. The van der Waals surface area contributed by atoms with Gasteiger partial charge >= 0.3 is 0 Å². The van der Waals surface area contributed by atoms with Crippen LogP contribution in [0.15, 0.2) is 70.4 Å². The van der Waals surface area contributed by atoms with Gasteiger partial charge in [0.2, 0.25) is 15.2 Å². The maximum atomic E-state index is 13.1. The minimum absolute atomic E-state index is 0.169. The Labute approximate surface area is 189 Å². The monoisotopic (exact) mass is 472 g/mol. The summed E-state index contributed by atoms with van der Waals surface area (Å²) in [5.41, 5.74) is 2.55. The first-order valence-electron chi connectivity index (χ1n) is 9.53. The molecule has 10 heteroatoms. The van der Waals surface area contributed by atoms with E-state index in [0.717, 1.165) is 9.90 Å². The van der Waals surface area contributed by atoms with E-state index >= 15 is 0 Å². The van der Waals surface area contributed by atoms with E-state index in [4.69, 9.17) is 0 Å². The van der Waals surface area contributed by atoms with Gasteiger partial charge in [-0.3, -0.25) is 10.1 Å². The second-order valence-electron chi connectivity index (χ2n) is 6.81. The lowest BCUT2D eigenvalue weighted by Gasteiger charge is -2.28. The minimum Gasteiger partial charge on any atom is -0.296 e. The molecular formula is C21H20N4O3S3. The van der Waals surface area contributed by atoms with Gasteiger partial charge in [0.15, 0.2) is 4.34 Å². The number of nitrogens with one attached hydrogen (secondary N) is 1. The van der Waals surface area contributed by atoms with Gasteiger partial charge in [-0.2, -0.15) is 4.31 Å². The number of rotatable bonds is 7. The largest absolute Gasteiger partial charge is 0.296 e. The van der Waals surface area contributed by atoms with Gasteiger partial charge in [-0.25, -0.2) is 8.42 Å². The van der Waals surface area contributed by atoms with Crippen LogP contribution in [0.5, 0.6) is 0 Å². The van der Waals surface area contributed by atoms with E-state index in [0.29, 0.717) is 36.0 Å². The molecule has 1 aromatic heterocycles. The Balaban J connectivity index is 1.44. The van der Waals surface area contributed by atoms with E-state index in [1.165, 1.54) is 57.2 Å². The molecule has 1 amide bonds. The average Bonchev–Trinajstić information content (AvgIpc) is 3.24. The summed E-state index contributed by atoms with van der Waals surface area (Å²) in [5.74, 6) is 0.341. The number of aromatic nitrogens is 2. The fourth-order valence-corrected chi connectivity index (χ4v) is 6.15. The zero-order valence-corrected chi connectivity index (χ0v) is 19.0. The first-order valence-corrected chi connectivity index (χ1v) is 12.8. The van der Waals surface area contributed by atoms with Crippen molar-refractivity contribution in [3.63, 3.8) is 0 Å². The number of sulfonamides is 1. The zero-order valence-electron chi connectivity index (χ0n) is 16.5. The summed E-state index contributed by atoms with van der Waals surface area (Å²) in [5, 5.41) is 11.0. The van der Waals surface area contributed by atoms with Crippen LogP contribution < -0.4 is 5.32 Å². The van der Waals surface area contributed by atoms with Gasteiger partial charge in [-0.1, -0.05) is 53.4 Å². The standard InChI is InChI=1S/C21H20N4O3S3/c1-2-13-29-21-24-23-20(30-21)22-19(26)16-7-9-18(10-8-16)31(27,28)25-12-11-15-5-3-4-6-17(15)14-25/h2-10H,1,11-14H2,(H,22,23,26). The Morgan fingerprint density at radius 3 is 2.65 bits per heavy atom. The van der Waals surface area contributed by atoms with Crippen LogP contribution in [0.1, 0.15) is 21.5 Å². The van der Waals surface area contributed by atoms with Crippen molar-refractivity contribution < 1.29 is 13.2 Å². The fraction of sp³-hybridized carbons (Fsp3) is 0.190. The van der Waals surface area contributed by atoms with E-state index in [1.54, 1.807) is 6.08 Å². The molecule has 0 saturated heterocycles. The van der Waals surface area contributed by atoms with Gasteiger partial charge in [0.1, 0.15) is 0 Å². The summed E-state index contributed by atoms with van der Waals surface area (Å²) < 4.78 is 28.3. The van der Waals surface area contributed by atoms with E-state index in [2.05, 4.69) is 22.1 Å². The molecule has 2 heterocycles. The van der Waals surface area contributed by atoms with Gasteiger partial charge in [-0.15, -0.1) is 16.8 Å². The number of anilines is 1. The van der Waals surface area contributed by atoms with Crippen molar-refractivity contribution in [3.8, 4) is 0 Å². The second-order valence-corrected chi connectivity index (χ2v) is 11.0. The summed E-state index contributed by atoms with van der Waals surface area (Å²) in [6.07, 6.45) is 2.45. The Morgan fingerprint density at radius 2 is 1.90 bits per heavy atom. The molecule has 2 aromatic carbocycles. The summed E-state index contributed by atoms with van der Waals surface area (Å²) in [7, 11) is -3.64. The predicted molar refractivity (Wildman–Crippen MR) is 123 cm³/mol. The quantitative estimate of drug-likeness (QED) is 0.319. The maximum Gasteiger partial charge on any atom is 0.257 e. The van der Waals surface area contributed by atoms with Crippen molar-refractivity contribution in [2.24, 2.45) is 0 Å². The lowest BCUT2D eigenvalue weighted by molar-refractivity contribution is 0.102. The first kappa shape index (κ1) is 21.7. The number of hydrogen-bond acceptors (Lipinski definition) is 7. The third-order valence-electron chi connectivity index (χ3n) is 4.80. The molecule has 0 aliphatic carbocycles. The van der Waals surface area contributed by atoms with Crippen LogP contribution in [0.25, 0.3) is 0 Å². The summed E-state index contributed by atoms with van der Waals surface area (Å²) in [6, 6.07) is 13.8. The number of carbonyl (C=O) groups excluding carboxylic acids is 1. The Kier molecular flexibility index (Phi) is 6.51. The molecule has 0 spiro atoms. The second kappa shape index (κ2) is 9.31. The molecule has 0 saturated carbocycles. The topological polar surface area (TPSA) is 92.3 Å². The average molecular weight is 473 g/mol. The molecule has 1 aliphatic rings. The lowest BCUT2D eigenvalue weighted by Crippen LogP contribution is -2.35. The van der Waals surface area contributed by atoms with Crippen LogP contribution in [0, 0.1) is 0 Å². The molecule has 3 aromatic rings. The molecule has 0 fully saturated rings. The van der Waals surface area contributed by atoms with Gasteiger partial charge in [0.25, 0.3) is 5.91 Å². The molecule has 0 atom stereocenters. The highest BCUT2D eigenvalue weighted by Gasteiger charge is 2.28. The smallest absolute Gasteiger partial charge is 0.257 e. The minimum atomic E-state index is -3.64. The van der Waals surface area contributed by atoms with Crippen molar-refractivity contribution in [3.05, 3.63) is 77.9 Å². The van der Waals surface area contributed by atoms with Gasteiger partial charge in [-0.05, 0) is 41.8 Å². The highest BCUT2D eigenvalue weighted by atomic mass is 32.2. The Hall–Kier alpha value is -2.53. The number of nitrogens with zero attached hydrogens (tertiary/aromatic N) is 3. The Bertz CT molecular complexity index is 1210. The number of carbonyl (C=O) groups is 1. The van der Waals surface area contributed by atoms with Crippen molar-refractivity contribution >= 4 is 44.2 Å². The number of hydrogen-bond donors (Lipinski definition) is 1. The molecular weight excluding hydrogens is 452 g/mol. The highest BCUT2D eigenvalue weighted by Crippen LogP contribution is 2.27. The molecule has 160 valence electrons.